The van der Waals surface area contributed by atoms with Crippen LogP contribution in [0.5, 0.6) is 0 Å². The van der Waals surface area contributed by atoms with Gasteiger partial charge in [-0.05, 0) is 72.8 Å². The van der Waals surface area contributed by atoms with Gasteiger partial charge in [-0.3, -0.25) is 0 Å². The van der Waals surface area contributed by atoms with Crippen LogP contribution in [0, 0.1) is 22.7 Å². The topological polar surface area (TPSA) is 78.1 Å². The second-order valence-corrected chi connectivity index (χ2v) is 10.7. The van der Waals surface area contributed by atoms with Crippen LogP contribution in [-0.4, -0.2) is 0 Å². The quantitative estimate of drug-likeness (QED) is 0.222. The van der Waals surface area contributed by atoms with Gasteiger partial charge in [0, 0.05) is 22.5 Å². The summed E-state index contributed by atoms with van der Waals surface area (Å²) in [6.07, 6.45) is 0. The monoisotopic (exact) mass is 564 g/mol. The lowest BCUT2D eigenvalue weighted by Crippen LogP contribution is -2.18. The van der Waals surface area contributed by atoms with E-state index < -0.39 is 0 Å². The second-order valence-electron chi connectivity index (χ2n) is 10.7. The van der Waals surface area contributed by atoms with Gasteiger partial charge in [0.2, 0.25) is 0 Å². The smallest absolute Gasteiger partial charge is 0.0998 e. The van der Waals surface area contributed by atoms with Crippen molar-refractivity contribution in [3.63, 3.8) is 0 Å². The third-order valence-corrected chi connectivity index (χ3v) is 8.17. The average molecular weight is 565 g/mol. The van der Waals surface area contributed by atoms with Crippen LogP contribution in [-0.2, 0) is 0 Å². The third-order valence-electron chi connectivity index (χ3n) is 8.17. The van der Waals surface area contributed by atoms with Gasteiger partial charge in [0.15, 0.2) is 0 Å². The number of fused-ring (bicyclic) bond motifs is 4. The first-order chi connectivity index (χ1) is 21.7. The maximum Gasteiger partial charge on any atom is 0.0998 e. The van der Waals surface area contributed by atoms with E-state index in [1.54, 1.807) is 0 Å². The summed E-state index contributed by atoms with van der Waals surface area (Å²) in [6, 6.07) is 49.1. The highest BCUT2D eigenvalue weighted by molar-refractivity contribution is 5.99. The van der Waals surface area contributed by atoms with Gasteiger partial charge < -0.3 is 20.4 Å². The summed E-state index contributed by atoms with van der Waals surface area (Å²) in [5.74, 6) is 0. The van der Waals surface area contributed by atoms with Crippen LogP contribution in [0.25, 0.3) is 11.1 Å². The summed E-state index contributed by atoms with van der Waals surface area (Å²) in [7, 11) is 0. The Hall–Kier alpha value is -6.50. The highest BCUT2D eigenvalue weighted by atomic mass is 15.2. The molecular weight excluding hydrogens is 540 g/mol. The fraction of sp³-hybridized carbons (Fsp3) is 0. The van der Waals surface area contributed by atoms with Crippen molar-refractivity contribution in [2.75, 3.05) is 20.4 Å². The maximum absolute atomic E-state index is 10.4. The van der Waals surface area contributed by atoms with E-state index in [-0.39, 0.29) is 0 Å². The predicted molar refractivity (Wildman–Crippen MR) is 177 cm³/mol. The van der Waals surface area contributed by atoms with Crippen molar-refractivity contribution in [1.29, 1.82) is 10.5 Å². The first kappa shape index (κ1) is 25.2. The van der Waals surface area contributed by atoms with Crippen LogP contribution in [0.3, 0.4) is 0 Å². The van der Waals surface area contributed by atoms with Crippen LogP contribution < -0.4 is 20.4 Å². The largest absolute Gasteiger partial charge is 0.352 e. The Morgan fingerprint density at radius 3 is 1.05 bits per heavy atom. The first-order valence-corrected chi connectivity index (χ1v) is 14.3. The van der Waals surface area contributed by atoms with E-state index in [1.807, 2.05) is 109 Å². The molecule has 0 bridgehead atoms. The molecule has 8 rings (SSSR count). The molecule has 206 valence electrons. The zero-order valence-electron chi connectivity index (χ0n) is 23.5. The number of nitriles is 2. The fourth-order valence-corrected chi connectivity index (χ4v) is 6.20. The number of anilines is 10. The van der Waals surface area contributed by atoms with Gasteiger partial charge in [0.1, 0.15) is 0 Å². The molecule has 2 aliphatic rings. The summed E-state index contributed by atoms with van der Waals surface area (Å²) in [5.41, 5.74) is 12.2. The molecule has 44 heavy (non-hydrogen) atoms. The van der Waals surface area contributed by atoms with E-state index in [2.05, 4.69) is 56.8 Å². The zero-order valence-corrected chi connectivity index (χ0v) is 23.5. The highest BCUT2D eigenvalue weighted by Gasteiger charge is 2.26. The Kier molecular flexibility index (Phi) is 5.79. The van der Waals surface area contributed by atoms with Crippen molar-refractivity contribution in [3.05, 3.63) is 145 Å². The lowest BCUT2D eigenvalue weighted by molar-refractivity contribution is 1.24. The summed E-state index contributed by atoms with van der Waals surface area (Å²) in [6.45, 7) is 0. The first-order valence-electron chi connectivity index (χ1n) is 14.3. The molecule has 6 nitrogen and oxygen atoms in total. The van der Waals surface area contributed by atoms with Crippen molar-refractivity contribution in [2.45, 2.75) is 0 Å². The molecule has 6 heteroatoms. The molecule has 0 atom stereocenters. The Morgan fingerprint density at radius 2 is 0.727 bits per heavy atom. The maximum atomic E-state index is 10.4. The molecule has 2 heterocycles. The SMILES string of the molecule is N#Cc1cc(N2c3ccccc3Nc3ccccc32)ccc1-c1ccc(N2c3ccccc3Nc3ccccc32)cc1C#N. The number of nitrogens with zero attached hydrogens (tertiary/aromatic N) is 4. The van der Waals surface area contributed by atoms with Crippen molar-refractivity contribution in [1.82, 2.24) is 0 Å². The molecule has 0 amide bonds. The van der Waals surface area contributed by atoms with Gasteiger partial charge in [-0.2, -0.15) is 10.5 Å². The third kappa shape index (κ3) is 3.94. The van der Waals surface area contributed by atoms with Crippen molar-refractivity contribution < 1.29 is 0 Å². The molecule has 2 N–H and O–H groups in total. The van der Waals surface area contributed by atoms with E-state index in [9.17, 15) is 10.5 Å². The second kappa shape index (κ2) is 10.1. The molecule has 0 aliphatic carbocycles. The molecular formula is C38H24N6. The molecule has 2 aliphatic heterocycles. The zero-order chi connectivity index (χ0) is 29.6. The number of nitrogens with one attached hydrogen (secondary N) is 2. The molecule has 0 saturated carbocycles. The molecule has 0 radical (unpaired) electrons. The van der Waals surface area contributed by atoms with E-state index in [0.717, 1.165) is 68.0 Å². The van der Waals surface area contributed by atoms with Crippen molar-refractivity contribution >= 4 is 56.9 Å². The van der Waals surface area contributed by atoms with Gasteiger partial charge in [0.05, 0.1) is 68.8 Å². The van der Waals surface area contributed by atoms with Gasteiger partial charge in [-0.25, -0.2) is 0 Å². The molecule has 6 aromatic rings. The van der Waals surface area contributed by atoms with Gasteiger partial charge in [-0.15, -0.1) is 0 Å². The van der Waals surface area contributed by atoms with E-state index in [1.165, 1.54) is 0 Å². The number of hydrogen-bond acceptors (Lipinski definition) is 6. The van der Waals surface area contributed by atoms with Crippen LogP contribution in [0.4, 0.5) is 56.9 Å². The van der Waals surface area contributed by atoms with Crippen LogP contribution in [0.2, 0.25) is 0 Å². The summed E-state index contributed by atoms with van der Waals surface area (Å²) in [4.78, 5) is 4.33. The molecule has 0 unspecified atom stereocenters. The number of rotatable bonds is 3. The molecule has 0 saturated heterocycles. The Bertz CT molecular complexity index is 1940. The minimum absolute atomic E-state index is 0.498. The lowest BCUT2D eigenvalue weighted by atomic mass is 9.94. The van der Waals surface area contributed by atoms with Crippen LogP contribution in [0.1, 0.15) is 11.1 Å². The Labute approximate surface area is 255 Å². The van der Waals surface area contributed by atoms with Gasteiger partial charge in [-0.1, -0.05) is 60.7 Å². The number of para-hydroxylation sites is 8. The van der Waals surface area contributed by atoms with E-state index >= 15 is 0 Å². The summed E-state index contributed by atoms with van der Waals surface area (Å²) in [5, 5.41) is 27.7. The van der Waals surface area contributed by atoms with Crippen molar-refractivity contribution in [2.24, 2.45) is 0 Å². The van der Waals surface area contributed by atoms with Gasteiger partial charge >= 0.3 is 0 Å². The van der Waals surface area contributed by atoms with E-state index in [0.29, 0.717) is 11.1 Å². The normalized spacial score (nSPS) is 12.3. The molecule has 0 fully saturated rings. The molecule has 0 spiro atoms. The average Bonchev–Trinajstić information content (AvgIpc) is 3.09. The minimum Gasteiger partial charge on any atom is -0.352 e. The number of hydrogen-bond donors (Lipinski definition) is 2. The summed E-state index contributed by atoms with van der Waals surface area (Å²) >= 11 is 0. The number of benzene rings is 6. The minimum atomic E-state index is 0.498. The standard InChI is InChI=1S/C38H24N6/c39-23-25-21-27(43-35-13-5-1-9-31(35)41-32-10-2-6-14-36(32)43)17-19-29(25)30-20-18-28(22-26(30)24-40)44-37-15-7-3-11-33(37)42-34-12-4-8-16-38(34)44/h1-22,41-42H. The van der Waals surface area contributed by atoms with E-state index in [4.69, 9.17) is 0 Å². The molecule has 6 aromatic carbocycles. The predicted octanol–water partition coefficient (Wildman–Crippen LogP) is 10.2. The van der Waals surface area contributed by atoms with Crippen molar-refractivity contribution in [3.8, 4) is 23.3 Å². The fourth-order valence-electron chi connectivity index (χ4n) is 6.20. The van der Waals surface area contributed by atoms with Crippen LogP contribution >= 0.6 is 0 Å². The Balaban J connectivity index is 1.23. The highest BCUT2D eigenvalue weighted by Crippen LogP contribution is 2.50. The lowest BCUT2D eigenvalue weighted by Gasteiger charge is -2.34. The van der Waals surface area contributed by atoms with Crippen LogP contribution in [0.15, 0.2) is 133 Å². The summed E-state index contributed by atoms with van der Waals surface area (Å²) < 4.78 is 0. The Morgan fingerprint density at radius 1 is 0.409 bits per heavy atom. The molecule has 0 aromatic heterocycles. The van der Waals surface area contributed by atoms with Gasteiger partial charge in [0.25, 0.3) is 0 Å².